The van der Waals surface area contributed by atoms with E-state index in [2.05, 4.69) is 0 Å². The van der Waals surface area contributed by atoms with E-state index in [9.17, 15) is 41.7 Å². The van der Waals surface area contributed by atoms with E-state index >= 15 is 0 Å². The molecule has 0 heterocycles. The lowest BCUT2D eigenvalue weighted by atomic mass is 10.0. The normalized spacial score (nSPS) is 12.1. The molecule has 2 aromatic carbocycles. The van der Waals surface area contributed by atoms with E-state index in [1.54, 1.807) is 0 Å². The first-order valence-corrected chi connectivity index (χ1v) is 9.49. The molecule has 0 aliphatic carbocycles. The van der Waals surface area contributed by atoms with Crippen LogP contribution in [-0.4, -0.2) is 41.1 Å². The Hall–Kier alpha value is -2.45. The molecule has 26 heavy (non-hydrogen) atoms. The third-order valence-corrected chi connectivity index (χ3v) is 5.25. The third kappa shape index (κ3) is 3.56. The number of hydrogen-bond acceptors (Lipinski definition) is 8. The predicted molar refractivity (Wildman–Crippen MR) is 86.5 cm³/mol. The first-order valence-electron chi connectivity index (χ1n) is 6.23. The monoisotopic (exact) mass is 425 g/mol. The SMILES string of the molecule is O=[N+]([O-])c1cc(S(=O)(=O)O)cc(-c2c(Cl)ccc(O)c2S(=O)(=O)O)c1O. The minimum Gasteiger partial charge on any atom is -0.506 e. The second-order valence-electron chi connectivity index (χ2n) is 4.82. The van der Waals surface area contributed by atoms with E-state index in [1.807, 2.05) is 0 Å². The first-order chi connectivity index (χ1) is 11.7. The van der Waals surface area contributed by atoms with Crippen molar-refractivity contribution in [2.75, 3.05) is 0 Å². The molecule has 0 fully saturated rings. The molecule has 0 aromatic heterocycles. The molecular formula is C12H8ClNO10S2. The highest BCUT2D eigenvalue weighted by molar-refractivity contribution is 7.86. The molecule has 11 nitrogen and oxygen atoms in total. The number of halogens is 1. The average molecular weight is 426 g/mol. The van der Waals surface area contributed by atoms with Crippen LogP contribution in [0.25, 0.3) is 11.1 Å². The molecule has 0 amide bonds. The quantitative estimate of drug-likeness (QED) is 0.319. The number of nitro groups is 1. The fourth-order valence-corrected chi connectivity index (χ4v) is 3.78. The Kier molecular flexibility index (Phi) is 4.87. The number of hydrogen-bond donors (Lipinski definition) is 4. The van der Waals surface area contributed by atoms with Crippen molar-refractivity contribution in [1.29, 1.82) is 0 Å². The van der Waals surface area contributed by atoms with Crippen LogP contribution in [0, 0.1) is 10.1 Å². The van der Waals surface area contributed by atoms with Crippen molar-refractivity contribution in [3.8, 4) is 22.6 Å². The lowest BCUT2D eigenvalue weighted by Crippen LogP contribution is -2.05. The Morgan fingerprint density at radius 3 is 2.04 bits per heavy atom. The first kappa shape index (κ1) is 19.9. The van der Waals surface area contributed by atoms with Crippen molar-refractivity contribution < 1.29 is 41.1 Å². The number of nitro benzene ring substituents is 1. The number of aromatic hydroxyl groups is 2. The number of rotatable bonds is 4. The molecule has 0 unspecified atom stereocenters. The van der Waals surface area contributed by atoms with Crippen LogP contribution in [0.5, 0.6) is 11.5 Å². The van der Waals surface area contributed by atoms with Gasteiger partial charge in [0, 0.05) is 17.2 Å². The van der Waals surface area contributed by atoms with Gasteiger partial charge < -0.3 is 10.2 Å². The van der Waals surface area contributed by atoms with Gasteiger partial charge in [0.1, 0.15) is 15.5 Å². The standard InChI is InChI=1S/C12H8ClNO10S2/c13-7-1-2-9(15)12(26(22,23)24)10(7)6-3-5(25(19,20)21)4-8(11(6)16)14(17)18/h1-4,15-16H,(H,19,20,21)(H,22,23,24). The number of nitrogens with zero attached hydrogens (tertiary/aromatic N) is 1. The van der Waals surface area contributed by atoms with Gasteiger partial charge in [0.05, 0.1) is 9.95 Å². The minimum atomic E-state index is -5.16. The second kappa shape index (κ2) is 6.37. The Labute approximate surface area is 150 Å². The van der Waals surface area contributed by atoms with E-state index in [-0.39, 0.29) is 0 Å². The summed E-state index contributed by atoms with van der Waals surface area (Å²) in [7, 11) is -10.2. The van der Waals surface area contributed by atoms with Crippen LogP contribution >= 0.6 is 11.6 Å². The maximum Gasteiger partial charge on any atom is 0.312 e. The summed E-state index contributed by atoms with van der Waals surface area (Å²) in [5.41, 5.74) is -2.84. The fraction of sp³-hybridized carbons (Fsp3) is 0. The molecule has 4 N–H and O–H groups in total. The summed E-state index contributed by atoms with van der Waals surface area (Å²) >= 11 is 5.83. The molecular weight excluding hydrogens is 418 g/mol. The van der Waals surface area contributed by atoms with E-state index in [4.69, 9.17) is 16.2 Å². The van der Waals surface area contributed by atoms with Gasteiger partial charge in [-0.25, -0.2) is 0 Å². The lowest BCUT2D eigenvalue weighted by Gasteiger charge is -2.13. The third-order valence-electron chi connectivity index (χ3n) is 3.17. The van der Waals surface area contributed by atoms with Gasteiger partial charge in [-0.1, -0.05) is 11.6 Å². The van der Waals surface area contributed by atoms with Crippen molar-refractivity contribution in [1.82, 2.24) is 0 Å². The maximum absolute atomic E-state index is 11.6. The van der Waals surface area contributed by atoms with Gasteiger partial charge in [0.2, 0.25) is 5.75 Å². The van der Waals surface area contributed by atoms with Gasteiger partial charge in [-0.3, -0.25) is 19.2 Å². The molecule has 0 atom stereocenters. The zero-order valence-corrected chi connectivity index (χ0v) is 14.6. The molecule has 0 bridgehead atoms. The topological polar surface area (TPSA) is 192 Å². The maximum atomic E-state index is 11.6. The van der Waals surface area contributed by atoms with Crippen LogP contribution in [0.4, 0.5) is 5.69 Å². The number of phenols is 2. The highest BCUT2D eigenvalue weighted by Gasteiger charge is 2.31. The molecule has 0 saturated carbocycles. The summed E-state index contributed by atoms with van der Waals surface area (Å²) in [6.07, 6.45) is 0. The van der Waals surface area contributed by atoms with Crippen molar-refractivity contribution in [3.63, 3.8) is 0 Å². The average Bonchev–Trinajstić information content (AvgIpc) is 2.47. The van der Waals surface area contributed by atoms with E-state index in [1.165, 1.54) is 0 Å². The van der Waals surface area contributed by atoms with Crippen LogP contribution in [-0.2, 0) is 20.2 Å². The summed E-state index contributed by atoms with van der Waals surface area (Å²) in [4.78, 5) is 7.56. The molecule has 2 rings (SSSR count). The summed E-state index contributed by atoms with van der Waals surface area (Å²) in [6.45, 7) is 0. The van der Waals surface area contributed by atoms with Crippen molar-refractivity contribution in [2.24, 2.45) is 0 Å². The zero-order valence-electron chi connectivity index (χ0n) is 12.2. The zero-order chi connectivity index (χ0) is 20.0. The van der Waals surface area contributed by atoms with Crippen LogP contribution < -0.4 is 0 Å². The molecule has 0 radical (unpaired) electrons. The lowest BCUT2D eigenvalue weighted by molar-refractivity contribution is -0.386. The Balaban J connectivity index is 3.11. The van der Waals surface area contributed by atoms with Crippen molar-refractivity contribution in [2.45, 2.75) is 9.79 Å². The summed E-state index contributed by atoms with van der Waals surface area (Å²) < 4.78 is 64.2. The molecule has 2 aromatic rings. The molecule has 14 heteroatoms. The van der Waals surface area contributed by atoms with Crippen LogP contribution in [0.15, 0.2) is 34.1 Å². The van der Waals surface area contributed by atoms with Crippen molar-refractivity contribution in [3.05, 3.63) is 39.4 Å². The highest BCUT2D eigenvalue weighted by atomic mass is 35.5. The van der Waals surface area contributed by atoms with Gasteiger partial charge in [0.25, 0.3) is 20.2 Å². The van der Waals surface area contributed by atoms with Gasteiger partial charge in [0.15, 0.2) is 0 Å². The van der Waals surface area contributed by atoms with E-state index in [0.717, 1.165) is 12.1 Å². The highest BCUT2D eigenvalue weighted by Crippen LogP contribution is 2.46. The molecule has 0 saturated heterocycles. The van der Waals surface area contributed by atoms with Crippen molar-refractivity contribution >= 4 is 37.5 Å². The largest absolute Gasteiger partial charge is 0.506 e. The van der Waals surface area contributed by atoms with Gasteiger partial charge in [-0.2, -0.15) is 16.8 Å². The molecule has 0 aliphatic heterocycles. The van der Waals surface area contributed by atoms with E-state index < -0.39 is 68.3 Å². The fourth-order valence-electron chi connectivity index (χ4n) is 2.13. The smallest absolute Gasteiger partial charge is 0.312 e. The van der Waals surface area contributed by atoms with E-state index in [0.29, 0.717) is 12.1 Å². The minimum absolute atomic E-state index is 0.331. The van der Waals surface area contributed by atoms with Crippen LogP contribution in [0.2, 0.25) is 5.02 Å². The number of phenolic OH excluding ortho intramolecular Hbond substituents is 2. The number of benzene rings is 2. The molecule has 0 aliphatic rings. The van der Waals surface area contributed by atoms with Gasteiger partial charge >= 0.3 is 5.69 Å². The molecule has 140 valence electrons. The summed E-state index contributed by atoms with van der Waals surface area (Å²) in [5.74, 6) is -2.23. The Morgan fingerprint density at radius 2 is 1.58 bits per heavy atom. The van der Waals surface area contributed by atoms with Crippen LogP contribution in [0.1, 0.15) is 0 Å². The van der Waals surface area contributed by atoms with Gasteiger partial charge in [-0.15, -0.1) is 0 Å². The Morgan fingerprint density at radius 1 is 1.00 bits per heavy atom. The second-order valence-corrected chi connectivity index (χ2v) is 8.00. The summed E-state index contributed by atoms with van der Waals surface area (Å²) in [6, 6.07) is 2.55. The summed E-state index contributed by atoms with van der Waals surface area (Å²) in [5, 5.41) is 30.3. The Bertz CT molecular complexity index is 1140. The van der Waals surface area contributed by atoms with Crippen LogP contribution in [0.3, 0.4) is 0 Å². The predicted octanol–water partition coefficient (Wildman–Crippen LogP) is 1.82. The van der Waals surface area contributed by atoms with Gasteiger partial charge in [-0.05, 0) is 18.2 Å². The molecule has 0 spiro atoms.